The minimum absolute atomic E-state index is 0.0178. The van der Waals surface area contributed by atoms with Crippen LogP contribution in [0.4, 0.5) is 5.13 Å². The van der Waals surface area contributed by atoms with Crippen molar-refractivity contribution in [3.05, 3.63) is 53.6 Å². The van der Waals surface area contributed by atoms with Crippen LogP contribution in [0.5, 0.6) is 0 Å². The van der Waals surface area contributed by atoms with Crippen LogP contribution in [-0.2, 0) is 15.4 Å². The Morgan fingerprint density at radius 3 is 2.22 bits per heavy atom. The molecule has 0 bridgehead atoms. The summed E-state index contributed by atoms with van der Waals surface area (Å²) >= 11 is 1.27. The maximum absolute atomic E-state index is 13.1. The van der Waals surface area contributed by atoms with Crippen molar-refractivity contribution in [2.24, 2.45) is 0 Å². The van der Waals surface area contributed by atoms with Gasteiger partial charge in [0.25, 0.3) is 5.91 Å². The number of amides is 1. The normalized spacial score (nSPS) is 12.4. The van der Waals surface area contributed by atoms with Gasteiger partial charge in [0.1, 0.15) is 0 Å². The molecule has 1 N–H and O–H groups in total. The van der Waals surface area contributed by atoms with Crippen LogP contribution in [0.15, 0.2) is 47.4 Å². The largest absolute Gasteiger partial charge is 0.298 e. The molecule has 0 fully saturated rings. The van der Waals surface area contributed by atoms with Crippen LogP contribution in [-0.4, -0.2) is 36.7 Å². The molecule has 0 spiro atoms. The molecule has 3 aromatic rings. The third-order valence-corrected chi connectivity index (χ3v) is 8.01. The first-order chi connectivity index (χ1) is 15.1. The highest BCUT2D eigenvalue weighted by Gasteiger charge is 2.24. The number of carbonyl (C=O) groups excluding carboxylic acids is 1. The quantitative estimate of drug-likeness (QED) is 0.458. The van der Waals surface area contributed by atoms with Gasteiger partial charge < -0.3 is 0 Å². The van der Waals surface area contributed by atoms with Crippen LogP contribution >= 0.6 is 11.3 Å². The van der Waals surface area contributed by atoms with Gasteiger partial charge in [-0.15, -0.1) is 0 Å². The summed E-state index contributed by atoms with van der Waals surface area (Å²) in [6, 6.07) is 12.5. The van der Waals surface area contributed by atoms with Gasteiger partial charge in [0.05, 0.1) is 15.1 Å². The van der Waals surface area contributed by atoms with Crippen LogP contribution in [0.25, 0.3) is 10.2 Å². The second-order valence-electron chi connectivity index (χ2n) is 8.83. The number of sulfonamides is 1. The highest BCUT2D eigenvalue weighted by atomic mass is 32.2. The van der Waals surface area contributed by atoms with Crippen LogP contribution in [0.2, 0.25) is 0 Å². The van der Waals surface area contributed by atoms with E-state index >= 15 is 0 Å². The number of fused-ring (bicyclic) bond motifs is 1. The zero-order valence-corrected chi connectivity index (χ0v) is 20.9. The van der Waals surface area contributed by atoms with E-state index < -0.39 is 10.0 Å². The molecule has 0 saturated heterocycles. The van der Waals surface area contributed by atoms with Crippen molar-refractivity contribution in [1.82, 2.24) is 9.29 Å². The summed E-state index contributed by atoms with van der Waals surface area (Å²) in [4.78, 5) is 17.4. The van der Waals surface area contributed by atoms with Crippen molar-refractivity contribution in [3.8, 4) is 0 Å². The van der Waals surface area contributed by atoms with Gasteiger partial charge in [-0.3, -0.25) is 10.1 Å². The second-order valence-corrected chi connectivity index (χ2v) is 11.8. The van der Waals surface area contributed by atoms with E-state index in [4.69, 9.17) is 0 Å². The first-order valence-corrected chi connectivity index (χ1v) is 13.1. The number of rotatable bonds is 8. The number of benzene rings is 2. The molecule has 0 unspecified atom stereocenters. The molecule has 1 amide bonds. The average Bonchev–Trinajstić information content (AvgIpc) is 3.14. The Morgan fingerprint density at radius 1 is 1.03 bits per heavy atom. The maximum Gasteiger partial charge on any atom is 0.257 e. The number of thiazole rings is 1. The van der Waals surface area contributed by atoms with Gasteiger partial charge in [0, 0.05) is 18.7 Å². The van der Waals surface area contributed by atoms with E-state index in [0.717, 1.165) is 23.1 Å². The molecule has 32 heavy (non-hydrogen) atoms. The highest BCUT2D eigenvalue weighted by molar-refractivity contribution is 7.89. The number of hydrogen-bond donors (Lipinski definition) is 1. The van der Waals surface area contributed by atoms with Crippen molar-refractivity contribution in [3.63, 3.8) is 0 Å². The summed E-state index contributed by atoms with van der Waals surface area (Å²) in [5, 5.41) is 3.28. The summed E-state index contributed by atoms with van der Waals surface area (Å²) in [5.74, 6) is -0.241. The van der Waals surface area contributed by atoms with Gasteiger partial charge in [-0.2, -0.15) is 4.31 Å². The summed E-state index contributed by atoms with van der Waals surface area (Å²) in [5.41, 5.74) is 2.38. The molecule has 6 nitrogen and oxygen atoms in total. The lowest BCUT2D eigenvalue weighted by Crippen LogP contribution is -2.32. The minimum Gasteiger partial charge on any atom is -0.298 e. The van der Waals surface area contributed by atoms with E-state index in [9.17, 15) is 13.2 Å². The first-order valence-electron chi connectivity index (χ1n) is 10.9. The molecule has 1 heterocycles. The fourth-order valence-corrected chi connectivity index (χ4v) is 6.04. The summed E-state index contributed by atoms with van der Waals surface area (Å²) in [6.07, 6.45) is 1.52. The minimum atomic E-state index is -3.56. The monoisotopic (exact) mass is 473 g/mol. The molecule has 8 heteroatoms. The summed E-state index contributed by atoms with van der Waals surface area (Å²) in [6.45, 7) is 11.3. The van der Waals surface area contributed by atoms with Gasteiger partial charge >= 0.3 is 0 Å². The van der Waals surface area contributed by atoms with Crippen molar-refractivity contribution in [2.45, 2.75) is 57.8 Å². The SMILES string of the molecule is CCCN(CCC)S(=O)(=O)c1ccc2nc(NC(=O)c3ccc(C(C)(C)C)cc3)sc2c1. The van der Waals surface area contributed by atoms with E-state index in [1.807, 2.05) is 38.1 Å². The number of nitrogens with zero attached hydrogens (tertiary/aromatic N) is 2. The molecule has 0 aliphatic carbocycles. The fraction of sp³-hybridized carbons (Fsp3) is 0.417. The third kappa shape index (κ3) is 5.36. The highest BCUT2D eigenvalue weighted by Crippen LogP contribution is 2.30. The number of aromatic nitrogens is 1. The van der Waals surface area contributed by atoms with Crippen molar-refractivity contribution in [1.29, 1.82) is 0 Å². The lowest BCUT2D eigenvalue weighted by Gasteiger charge is -2.20. The van der Waals surface area contributed by atoms with E-state index in [-0.39, 0.29) is 16.2 Å². The van der Waals surface area contributed by atoms with Gasteiger partial charge in [0.15, 0.2) is 5.13 Å². The topological polar surface area (TPSA) is 79.4 Å². The predicted octanol–water partition coefficient (Wildman–Crippen LogP) is 5.66. The number of anilines is 1. The molecule has 0 saturated carbocycles. The van der Waals surface area contributed by atoms with Gasteiger partial charge in [-0.1, -0.05) is 58.1 Å². The lowest BCUT2D eigenvalue weighted by atomic mass is 9.87. The van der Waals surface area contributed by atoms with Crippen LogP contribution < -0.4 is 5.32 Å². The molecule has 3 rings (SSSR count). The predicted molar refractivity (Wildman–Crippen MR) is 132 cm³/mol. The maximum atomic E-state index is 13.1. The van der Waals surface area contributed by atoms with E-state index in [1.54, 1.807) is 18.2 Å². The van der Waals surface area contributed by atoms with Gasteiger partial charge in [-0.05, 0) is 54.2 Å². The van der Waals surface area contributed by atoms with Crippen LogP contribution in [0.1, 0.15) is 63.4 Å². The molecule has 1 aromatic heterocycles. The Hall–Kier alpha value is -2.29. The third-order valence-electron chi connectivity index (χ3n) is 5.18. The Labute approximate surface area is 194 Å². The Balaban J connectivity index is 1.82. The fourth-order valence-electron chi connectivity index (χ4n) is 3.41. The Morgan fingerprint density at radius 2 is 1.66 bits per heavy atom. The average molecular weight is 474 g/mol. The van der Waals surface area contributed by atoms with Crippen LogP contribution in [0, 0.1) is 0 Å². The van der Waals surface area contributed by atoms with Crippen molar-refractivity contribution in [2.75, 3.05) is 18.4 Å². The molecular formula is C24H31N3O3S2. The van der Waals surface area contributed by atoms with Gasteiger partial charge in [-0.25, -0.2) is 13.4 Å². The Bertz CT molecular complexity index is 1190. The number of hydrogen-bond acceptors (Lipinski definition) is 5. The summed E-state index contributed by atoms with van der Waals surface area (Å²) < 4.78 is 28.4. The number of nitrogens with one attached hydrogen (secondary N) is 1. The van der Waals surface area contributed by atoms with E-state index in [2.05, 4.69) is 31.1 Å². The first kappa shape index (κ1) is 24.4. The summed E-state index contributed by atoms with van der Waals surface area (Å²) in [7, 11) is -3.56. The molecule has 172 valence electrons. The molecule has 0 aliphatic heterocycles. The zero-order chi connectivity index (χ0) is 23.5. The lowest BCUT2D eigenvalue weighted by molar-refractivity contribution is 0.102. The molecule has 0 aliphatic rings. The Kier molecular flexibility index (Phi) is 7.37. The molecule has 0 atom stereocenters. The van der Waals surface area contributed by atoms with Crippen LogP contribution in [0.3, 0.4) is 0 Å². The standard InChI is InChI=1S/C24H31N3O3S2/c1-6-14-27(15-7-2)32(29,30)19-12-13-20-21(16-19)31-23(25-20)26-22(28)17-8-10-18(11-9-17)24(3,4)5/h8-13,16H,6-7,14-15H2,1-5H3,(H,25,26,28). The van der Waals surface area contributed by atoms with E-state index in [1.165, 1.54) is 15.6 Å². The molecular weight excluding hydrogens is 442 g/mol. The molecule has 0 radical (unpaired) electrons. The number of carbonyl (C=O) groups is 1. The van der Waals surface area contributed by atoms with Crippen molar-refractivity contribution >= 4 is 42.6 Å². The zero-order valence-electron chi connectivity index (χ0n) is 19.3. The van der Waals surface area contributed by atoms with Crippen molar-refractivity contribution < 1.29 is 13.2 Å². The van der Waals surface area contributed by atoms with Gasteiger partial charge in [0.2, 0.25) is 10.0 Å². The second kappa shape index (κ2) is 9.68. The molecule has 2 aromatic carbocycles. The smallest absolute Gasteiger partial charge is 0.257 e. The van der Waals surface area contributed by atoms with E-state index in [0.29, 0.717) is 29.3 Å².